The first-order chi connectivity index (χ1) is 9.60. The highest BCUT2D eigenvalue weighted by Crippen LogP contribution is 2.26. The molecule has 0 N–H and O–H groups in total. The number of halogens is 2. The van der Waals surface area contributed by atoms with Crippen molar-refractivity contribution in [3.05, 3.63) is 45.5 Å². The van der Waals surface area contributed by atoms with Crippen LogP contribution in [0.2, 0.25) is 10.0 Å². The zero-order valence-corrected chi connectivity index (χ0v) is 12.5. The van der Waals surface area contributed by atoms with Crippen LogP contribution in [-0.4, -0.2) is 15.9 Å². The van der Waals surface area contributed by atoms with Crippen molar-refractivity contribution in [2.45, 2.75) is 32.6 Å². The Morgan fingerprint density at radius 2 is 2.00 bits per heavy atom. The summed E-state index contributed by atoms with van der Waals surface area (Å²) in [5, 5.41) is 4.97. The number of nitrogens with zero attached hydrogens (tertiary/aromatic N) is 2. The van der Waals surface area contributed by atoms with Gasteiger partial charge in [0.2, 0.25) is 5.89 Å². The molecular formula is C14H14Cl2N2O2. The van der Waals surface area contributed by atoms with Crippen LogP contribution < -0.4 is 0 Å². The molecule has 0 saturated heterocycles. The molecule has 0 spiro atoms. The van der Waals surface area contributed by atoms with Crippen LogP contribution >= 0.6 is 23.2 Å². The molecular weight excluding hydrogens is 299 g/mol. The molecule has 106 valence electrons. The van der Waals surface area contributed by atoms with Crippen molar-refractivity contribution >= 4 is 29.0 Å². The van der Waals surface area contributed by atoms with Gasteiger partial charge in [-0.25, -0.2) is 0 Å². The summed E-state index contributed by atoms with van der Waals surface area (Å²) in [7, 11) is 0. The van der Waals surface area contributed by atoms with Crippen molar-refractivity contribution in [2.75, 3.05) is 0 Å². The van der Waals surface area contributed by atoms with Crippen molar-refractivity contribution in [3.63, 3.8) is 0 Å². The smallest absolute Gasteiger partial charge is 0.234 e. The summed E-state index contributed by atoms with van der Waals surface area (Å²) in [6.45, 7) is 1.95. The van der Waals surface area contributed by atoms with Gasteiger partial charge in [0.1, 0.15) is 5.78 Å². The predicted octanol–water partition coefficient (Wildman–Crippen LogP) is 3.88. The number of carbonyl (C=O) groups excluding carboxylic acids is 1. The molecule has 2 rings (SSSR count). The third-order valence-electron chi connectivity index (χ3n) is 2.78. The van der Waals surface area contributed by atoms with Gasteiger partial charge in [0.25, 0.3) is 0 Å². The standard InChI is InChI=1S/C14H14Cl2N2O2/c1-2-4-9(19)7-14-17-13(18-20-14)8-10-11(15)5-3-6-12(10)16/h3,5-6H,2,4,7-8H2,1H3. The number of ketones is 1. The SMILES string of the molecule is CCCC(=O)Cc1nc(Cc2c(Cl)cccc2Cl)no1. The molecule has 1 heterocycles. The first-order valence-corrected chi connectivity index (χ1v) is 7.11. The first kappa shape index (κ1) is 15.0. The summed E-state index contributed by atoms with van der Waals surface area (Å²) in [5.74, 6) is 0.902. The van der Waals surface area contributed by atoms with Gasteiger partial charge < -0.3 is 4.52 Å². The summed E-state index contributed by atoms with van der Waals surface area (Å²) >= 11 is 12.2. The highest BCUT2D eigenvalue weighted by molar-refractivity contribution is 6.36. The quantitative estimate of drug-likeness (QED) is 0.812. The highest BCUT2D eigenvalue weighted by atomic mass is 35.5. The van der Waals surface area contributed by atoms with E-state index in [1.54, 1.807) is 18.2 Å². The monoisotopic (exact) mass is 312 g/mol. The second-order valence-corrected chi connectivity index (χ2v) is 5.26. The van der Waals surface area contributed by atoms with E-state index in [2.05, 4.69) is 10.1 Å². The Morgan fingerprint density at radius 3 is 2.65 bits per heavy atom. The summed E-state index contributed by atoms with van der Waals surface area (Å²) in [5.41, 5.74) is 0.753. The molecule has 0 aliphatic heterocycles. The molecule has 0 unspecified atom stereocenters. The van der Waals surface area contributed by atoms with Crippen LogP contribution in [0.3, 0.4) is 0 Å². The Kier molecular flexibility index (Phi) is 5.15. The van der Waals surface area contributed by atoms with Crippen LogP contribution in [0.15, 0.2) is 22.7 Å². The second-order valence-electron chi connectivity index (χ2n) is 4.45. The number of rotatable bonds is 6. The molecule has 4 nitrogen and oxygen atoms in total. The Labute approximate surface area is 127 Å². The fourth-order valence-electron chi connectivity index (χ4n) is 1.83. The van der Waals surface area contributed by atoms with Crippen molar-refractivity contribution < 1.29 is 9.32 Å². The lowest BCUT2D eigenvalue weighted by Crippen LogP contribution is -2.02. The van der Waals surface area contributed by atoms with E-state index in [9.17, 15) is 4.79 Å². The zero-order chi connectivity index (χ0) is 14.5. The van der Waals surface area contributed by atoms with Gasteiger partial charge in [0.05, 0.1) is 6.42 Å². The highest BCUT2D eigenvalue weighted by Gasteiger charge is 2.13. The van der Waals surface area contributed by atoms with E-state index in [4.69, 9.17) is 27.7 Å². The number of hydrogen-bond donors (Lipinski definition) is 0. The van der Waals surface area contributed by atoms with Crippen LogP contribution in [0.5, 0.6) is 0 Å². The maximum Gasteiger partial charge on any atom is 0.234 e. The van der Waals surface area contributed by atoms with Crippen LogP contribution in [0.4, 0.5) is 0 Å². The van der Waals surface area contributed by atoms with Crippen LogP contribution in [0.25, 0.3) is 0 Å². The maximum atomic E-state index is 11.5. The summed E-state index contributed by atoms with van der Waals surface area (Å²) in [6.07, 6.45) is 1.89. The average Bonchev–Trinajstić information content (AvgIpc) is 2.82. The summed E-state index contributed by atoms with van der Waals surface area (Å²) in [4.78, 5) is 15.7. The first-order valence-electron chi connectivity index (χ1n) is 6.36. The number of hydrogen-bond acceptors (Lipinski definition) is 4. The Morgan fingerprint density at radius 1 is 1.30 bits per heavy atom. The fraction of sp³-hybridized carbons (Fsp3) is 0.357. The molecule has 0 fully saturated rings. The van der Waals surface area contributed by atoms with E-state index in [1.807, 2.05) is 6.92 Å². The molecule has 0 atom stereocenters. The number of carbonyl (C=O) groups is 1. The van der Waals surface area contributed by atoms with E-state index < -0.39 is 0 Å². The number of benzene rings is 1. The molecule has 0 amide bonds. The number of Topliss-reactive ketones (excluding diaryl/α,β-unsaturated/α-hetero) is 1. The topological polar surface area (TPSA) is 56.0 Å². The zero-order valence-electron chi connectivity index (χ0n) is 11.0. The van der Waals surface area contributed by atoms with Crippen molar-refractivity contribution in [2.24, 2.45) is 0 Å². The van der Waals surface area contributed by atoms with Gasteiger partial charge >= 0.3 is 0 Å². The molecule has 0 aliphatic carbocycles. The van der Waals surface area contributed by atoms with E-state index in [0.29, 0.717) is 34.6 Å². The minimum atomic E-state index is 0.0958. The predicted molar refractivity (Wildman–Crippen MR) is 77.2 cm³/mol. The molecule has 0 aliphatic rings. The van der Waals surface area contributed by atoms with E-state index >= 15 is 0 Å². The molecule has 0 saturated carbocycles. The third kappa shape index (κ3) is 3.81. The Hall–Kier alpha value is -1.39. The summed E-state index contributed by atoms with van der Waals surface area (Å²) < 4.78 is 5.07. The molecule has 20 heavy (non-hydrogen) atoms. The lowest BCUT2D eigenvalue weighted by Gasteiger charge is -2.02. The van der Waals surface area contributed by atoms with Crippen molar-refractivity contribution in [1.82, 2.24) is 10.1 Å². The van der Waals surface area contributed by atoms with Gasteiger partial charge in [-0.3, -0.25) is 4.79 Å². The summed E-state index contributed by atoms with van der Waals surface area (Å²) in [6, 6.07) is 5.29. The average molecular weight is 313 g/mol. The second kappa shape index (κ2) is 6.86. The Balaban J connectivity index is 2.08. The third-order valence-corrected chi connectivity index (χ3v) is 3.49. The Bertz CT molecular complexity index is 591. The molecule has 6 heteroatoms. The van der Waals surface area contributed by atoms with Gasteiger partial charge in [0, 0.05) is 22.9 Å². The van der Waals surface area contributed by atoms with Crippen LogP contribution in [0.1, 0.15) is 37.0 Å². The maximum absolute atomic E-state index is 11.5. The van der Waals surface area contributed by atoms with E-state index in [0.717, 1.165) is 12.0 Å². The lowest BCUT2D eigenvalue weighted by molar-refractivity contribution is -0.118. The minimum Gasteiger partial charge on any atom is -0.339 e. The lowest BCUT2D eigenvalue weighted by atomic mass is 10.1. The van der Waals surface area contributed by atoms with Gasteiger partial charge in [-0.1, -0.05) is 41.3 Å². The molecule has 1 aromatic heterocycles. The van der Waals surface area contributed by atoms with Gasteiger partial charge in [-0.2, -0.15) is 4.98 Å². The van der Waals surface area contributed by atoms with Crippen LogP contribution in [-0.2, 0) is 17.6 Å². The minimum absolute atomic E-state index is 0.0958. The fourth-order valence-corrected chi connectivity index (χ4v) is 2.36. The van der Waals surface area contributed by atoms with E-state index in [-0.39, 0.29) is 12.2 Å². The van der Waals surface area contributed by atoms with Crippen LogP contribution in [0, 0.1) is 0 Å². The van der Waals surface area contributed by atoms with Gasteiger partial charge in [-0.05, 0) is 24.1 Å². The molecule has 0 radical (unpaired) electrons. The number of aromatic nitrogens is 2. The van der Waals surface area contributed by atoms with E-state index in [1.165, 1.54) is 0 Å². The normalized spacial score (nSPS) is 10.8. The largest absolute Gasteiger partial charge is 0.339 e. The van der Waals surface area contributed by atoms with Crippen molar-refractivity contribution in [3.8, 4) is 0 Å². The molecule has 2 aromatic rings. The molecule has 1 aromatic carbocycles. The van der Waals surface area contributed by atoms with Gasteiger partial charge in [0.15, 0.2) is 5.82 Å². The van der Waals surface area contributed by atoms with Crippen molar-refractivity contribution in [1.29, 1.82) is 0 Å². The molecule has 0 bridgehead atoms. The van der Waals surface area contributed by atoms with Gasteiger partial charge in [-0.15, -0.1) is 0 Å².